The van der Waals surface area contributed by atoms with Crippen molar-refractivity contribution in [3.63, 3.8) is 0 Å². The summed E-state index contributed by atoms with van der Waals surface area (Å²) < 4.78 is 1.93. The van der Waals surface area contributed by atoms with E-state index in [0.717, 1.165) is 44.6 Å². The predicted molar refractivity (Wildman–Crippen MR) is 95.2 cm³/mol. The number of rotatable bonds is 7. The van der Waals surface area contributed by atoms with E-state index >= 15 is 0 Å². The maximum Gasteiger partial charge on any atom is 0.274 e. The number of nitrogens with one attached hydrogen (secondary N) is 2. The number of carbonyl (C=O) groups is 1. The Balaban J connectivity index is 2.06. The molecular weight excluding hydrogens is 304 g/mol. The summed E-state index contributed by atoms with van der Waals surface area (Å²) in [6.07, 6.45) is 3.01. The van der Waals surface area contributed by atoms with Gasteiger partial charge in [-0.05, 0) is 59.3 Å². The molecule has 0 bridgehead atoms. The highest BCUT2D eigenvalue weighted by Gasteiger charge is 2.24. The molecule has 2 rings (SSSR count). The fraction of sp³-hybridized carbons (Fsp3) is 0.824. The van der Waals surface area contributed by atoms with Gasteiger partial charge in [-0.2, -0.15) is 0 Å². The van der Waals surface area contributed by atoms with Crippen LogP contribution in [0.5, 0.6) is 0 Å². The molecule has 7 nitrogen and oxygen atoms in total. The number of aromatic nitrogens is 3. The lowest BCUT2D eigenvalue weighted by molar-refractivity contribution is 0.0918. The van der Waals surface area contributed by atoms with Crippen LogP contribution >= 0.6 is 0 Å². The Morgan fingerprint density at radius 2 is 2.04 bits per heavy atom. The van der Waals surface area contributed by atoms with Gasteiger partial charge in [0.2, 0.25) is 0 Å². The first kappa shape index (κ1) is 18.9. The highest BCUT2D eigenvalue weighted by Crippen LogP contribution is 2.20. The predicted octanol–water partition coefficient (Wildman–Crippen LogP) is 1.22. The Kier molecular flexibility index (Phi) is 6.74. The van der Waals surface area contributed by atoms with E-state index in [2.05, 4.69) is 39.7 Å². The minimum absolute atomic E-state index is 0.111. The summed E-state index contributed by atoms with van der Waals surface area (Å²) in [6.45, 7) is 9.10. The Morgan fingerprint density at radius 1 is 1.38 bits per heavy atom. The molecule has 0 radical (unpaired) electrons. The Morgan fingerprint density at radius 3 is 2.62 bits per heavy atom. The Bertz CT molecular complexity index is 523. The van der Waals surface area contributed by atoms with Crippen LogP contribution in [0.15, 0.2) is 0 Å². The monoisotopic (exact) mass is 336 g/mol. The van der Waals surface area contributed by atoms with Gasteiger partial charge >= 0.3 is 0 Å². The first-order valence-electron chi connectivity index (χ1n) is 8.96. The van der Waals surface area contributed by atoms with Crippen molar-refractivity contribution in [1.29, 1.82) is 0 Å². The zero-order valence-corrected chi connectivity index (χ0v) is 15.7. The molecule has 1 atom stereocenters. The number of likely N-dealkylation sites (N-methyl/N-ethyl adjacent to an activating group) is 1. The average Bonchev–Trinajstić information content (AvgIpc) is 2.88. The van der Waals surface area contributed by atoms with Crippen LogP contribution < -0.4 is 10.6 Å². The molecule has 7 heteroatoms. The van der Waals surface area contributed by atoms with Crippen molar-refractivity contribution in [1.82, 2.24) is 30.5 Å². The standard InChI is InChI=1S/C17H32N6O/c1-12(2)10-14(11-22(4)5)19-17(24)16-13(3)23(21-20-16)15-6-8-18-9-7-15/h12,14-15,18H,6-11H2,1-5H3,(H,19,24). The van der Waals surface area contributed by atoms with Crippen LogP contribution in [0, 0.1) is 12.8 Å². The van der Waals surface area contributed by atoms with Crippen molar-refractivity contribution in [3.8, 4) is 0 Å². The molecule has 1 aromatic heterocycles. The largest absolute Gasteiger partial charge is 0.347 e. The number of nitrogens with zero attached hydrogens (tertiary/aromatic N) is 4. The molecule has 1 aliphatic rings. The summed E-state index contributed by atoms with van der Waals surface area (Å²) in [5.74, 6) is 0.418. The van der Waals surface area contributed by atoms with Crippen molar-refractivity contribution >= 4 is 5.91 Å². The van der Waals surface area contributed by atoms with Gasteiger partial charge in [0.25, 0.3) is 5.91 Å². The van der Waals surface area contributed by atoms with E-state index in [9.17, 15) is 4.79 Å². The molecule has 1 aliphatic heterocycles. The summed E-state index contributed by atoms with van der Waals surface area (Å²) in [5.41, 5.74) is 1.33. The van der Waals surface area contributed by atoms with Gasteiger partial charge in [-0.25, -0.2) is 4.68 Å². The molecule has 136 valence electrons. The third kappa shape index (κ3) is 5.01. The molecule has 1 unspecified atom stereocenters. The number of piperidine rings is 1. The lowest BCUT2D eigenvalue weighted by Crippen LogP contribution is -2.42. The topological polar surface area (TPSA) is 75.1 Å². The molecule has 0 spiro atoms. The lowest BCUT2D eigenvalue weighted by Gasteiger charge is -2.24. The second-order valence-corrected chi connectivity index (χ2v) is 7.51. The van der Waals surface area contributed by atoms with E-state index in [4.69, 9.17) is 0 Å². The number of hydrogen-bond acceptors (Lipinski definition) is 5. The zero-order valence-electron chi connectivity index (χ0n) is 15.7. The molecule has 1 saturated heterocycles. The maximum absolute atomic E-state index is 12.7. The SMILES string of the molecule is Cc1c(C(=O)NC(CC(C)C)CN(C)C)nnn1C1CCNCC1. The third-order valence-corrected chi connectivity index (χ3v) is 4.47. The van der Waals surface area contributed by atoms with E-state index in [0.29, 0.717) is 17.7 Å². The van der Waals surface area contributed by atoms with E-state index < -0.39 is 0 Å². The quantitative estimate of drug-likeness (QED) is 0.783. The summed E-state index contributed by atoms with van der Waals surface area (Å²) >= 11 is 0. The zero-order chi connectivity index (χ0) is 17.7. The van der Waals surface area contributed by atoms with Gasteiger partial charge in [0.1, 0.15) is 0 Å². The molecule has 1 amide bonds. The van der Waals surface area contributed by atoms with E-state index in [-0.39, 0.29) is 11.9 Å². The van der Waals surface area contributed by atoms with Gasteiger partial charge in [-0.15, -0.1) is 5.10 Å². The minimum Gasteiger partial charge on any atom is -0.347 e. The van der Waals surface area contributed by atoms with Crippen LogP contribution in [-0.4, -0.2) is 65.6 Å². The number of carbonyl (C=O) groups excluding carboxylic acids is 1. The van der Waals surface area contributed by atoms with E-state index in [1.807, 2.05) is 25.7 Å². The van der Waals surface area contributed by atoms with Gasteiger partial charge in [0.05, 0.1) is 11.7 Å². The van der Waals surface area contributed by atoms with E-state index in [1.54, 1.807) is 0 Å². The molecule has 0 aromatic carbocycles. The number of amides is 1. The molecule has 2 heterocycles. The van der Waals surface area contributed by atoms with Gasteiger partial charge in [0, 0.05) is 12.6 Å². The smallest absolute Gasteiger partial charge is 0.274 e. The Hall–Kier alpha value is -1.47. The molecule has 2 N–H and O–H groups in total. The van der Waals surface area contributed by atoms with Gasteiger partial charge in [-0.3, -0.25) is 4.79 Å². The summed E-state index contributed by atoms with van der Waals surface area (Å²) in [5, 5.41) is 14.9. The summed E-state index contributed by atoms with van der Waals surface area (Å²) in [7, 11) is 4.05. The van der Waals surface area contributed by atoms with Crippen molar-refractivity contribution in [2.75, 3.05) is 33.7 Å². The van der Waals surface area contributed by atoms with Gasteiger partial charge in [0.15, 0.2) is 5.69 Å². The van der Waals surface area contributed by atoms with Crippen LogP contribution in [0.1, 0.15) is 55.3 Å². The lowest BCUT2D eigenvalue weighted by atomic mass is 10.0. The Labute approximate surface area is 145 Å². The fourth-order valence-corrected chi connectivity index (χ4v) is 3.39. The molecular formula is C17H32N6O. The third-order valence-electron chi connectivity index (χ3n) is 4.47. The molecule has 24 heavy (non-hydrogen) atoms. The van der Waals surface area contributed by atoms with Crippen molar-refractivity contribution < 1.29 is 4.79 Å². The normalized spacial score (nSPS) is 17.5. The van der Waals surface area contributed by atoms with Crippen LogP contribution in [0.4, 0.5) is 0 Å². The van der Waals surface area contributed by atoms with Crippen LogP contribution in [0.3, 0.4) is 0 Å². The molecule has 0 aliphatic carbocycles. The second kappa shape index (κ2) is 8.58. The van der Waals surface area contributed by atoms with Crippen LogP contribution in [0.2, 0.25) is 0 Å². The van der Waals surface area contributed by atoms with Crippen LogP contribution in [-0.2, 0) is 0 Å². The van der Waals surface area contributed by atoms with Gasteiger partial charge < -0.3 is 15.5 Å². The first-order chi connectivity index (χ1) is 11.4. The van der Waals surface area contributed by atoms with Gasteiger partial charge in [-0.1, -0.05) is 19.1 Å². The number of hydrogen-bond donors (Lipinski definition) is 2. The highest BCUT2D eigenvalue weighted by molar-refractivity contribution is 5.93. The summed E-state index contributed by atoms with van der Waals surface area (Å²) in [4.78, 5) is 14.8. The average molecular weight is 336 g/mol. The highest BCUT2D eigenvalue weighted by atomic mass is 16.2. The fourth-order valence-electron chi connectivity index (χ4n) is 3.39. The second-order valence-electron chi connectivity index (χ2n) is 7.51. The molecule has 1 fully saturated rings. The van der Waals surface area contributed by atoms with Crippen molar-refractivity contribution in [2.45, 2.75) is 52.1 Å². The van der Waals surface area contributed by atoms with E-state index in [1.165, 1.54) is 0 Å². The molecule has 1 aromatic rings. The van der Waals surface area contributed by atoms with Crippen molar-refractivity contribution in [2.24, 2.45) is 5.92 Å². The maximum atomic E-state index is 12.7. The summed E-state index contributed by atoms with van der Waals surface area (Å²) in [6, 6.07) is 0.462. The van der Waals surface area contributed by atoms with Crippen molar-refractivity contribution in [3.05, 3.63) is 11.4 Å². The minimum atomic E-state index is -0.111. The van der Waals surface area contributed by atoms with Crippen LogP contribution in [0.25, 0.3) is 0 Å². The molecule has 0 saturated carbocycles. The first-order valence-corrected chi connectivity index (χ1v) is 8.96.